The van der Waals surface area contributed by atoms with Gasteiger partial charge in [0.05, 0.1) is 0 Å². The van der Waals surface area contributed by atoms with Gasteiger partial charge in [-0.05, 0) is 0 Å². The van der Waals surface area contributed by atoms with Crippen LogP contribution in [-0.4, -0.2) is 73.6 Å². The second-order valence-corrected chi connectivity index (χ2v) is 0. The van der Waals surface area contributed by atoms with Gasteiger partial charge in [0.1, 0.15) is 0 Å². The summed E-state index contributed by atoms with van der Waals surface area (Å²) in [5, 5.41) is 0. The average Bonchev–Trinajstić information content (AvgIpc) is 1.00. The molecule has 0 aromatic heterocycles. The minimum atomic E-state index is 0. The molecule has 4 heavy (non-hydrogen) atoms. The van der Waals surface area contributed by atoms with Crippen molar-refractivity contribution >= 4 is 73.6 Å². The molecule has 0 aromatic carbocycles. The van der Waals surface area contributed by atoms with E-state index in [-0.39, 0.29) is 117 Å². The predicted molar refractivity (Wildman–Crippen MR) is 14.4 cm³/mol. The number of rotatable bonds is 0. The summed E-state index contributed by atoms with van der Waals surface area (Å²) >= 11 is 0.194. The van der Waals surface area contributed by atoms with Crippen LogP contribution in [0.2, 0.25) is 0 Å². The van der Waals surface area contributed by atoms with Crippen molar-refractivity contribution in [2.75, 3.05) is 0 Å². The van der Waals surface area contributed by atoms with E-state index >= 15 is 0 Å². The Balaban J connectivity index is -0.000000000833. The molecule has 19 valence electrons. The standard InChI is InChI=1S/Ba.Bi.Nd.O.2H/q+2;;;;2*-1. The molecular weight excluding hydrogens is 507 g/mol. The van der Waals surface area contributed by atoms with Gasteiger partial charge in [-0.2, -0.15) is 0 Å². The monoisotopic (exact) mass is 507 g/mol. The quantitative estimate of drug-likeness (QED) is 0.398. The van der Waals surface area contributed by atoms with Crippen molar-refractivity contribution in [1.82, 2.24) is 0 Å². The molecule has 0 spiro atoms. The van der Waals surface area contributed by atoms with E-state index in [0.29, 0.717) is 0 Å². The van der Waals surface area contributed by atoms with Crippen LogP contribution in [0.1, 0.15) is 2.85 Å². The Labute approximate surface area is 117 Å². The van der Waals surface area contributed by atoms with Gasteiger partial charge in [0, 0.05) is 40.8 Å². The zero-order valence-electron chi connectivity index (χ0n) is 4.06. The SMILES string of the molecule is [Ba+2].[H-].[H-].[Nd].[O]=[Bi]. The van der Waals surface area contributed by atoms with E-state index in [1.165, 1.54) is 0 Å². The molecule has 0 rings (SSSR count). The topological polar surface area (TPSA) is 17.1 Å². The second kappa shape index (κ2) is 16.0. The molecule has 0 aromatic rings. The van der Waals surface area contributed by atoms with E-state index in [1.54, 1.807) is 0 Å². The number of hydrogen-bond donors (Lipinski definition) is 0. The third-order valence-corrected chi connectivity index (χ3v) is 0. The molecule has 1 nitrogen and oxygen atoms in total. The van der Waals surface area contributed by atoms with Crippen molar-refractivity contribution < 1.29 is 46.5 Å². The maximum absolute atomic E-state index is 8.36. The first-order valence-corrected chi connectivity index (χ1v) is 1.60. The minimum absolute atomic E-state index is 0. The Kier molecular flexibility index (Phi) is 62.5. The van der Waals surface area contributed by atoms with Gasteiger partial charge in [-0.3, -0.25) is 0 Å². The van der Waals surface area contributed by atoms with E-state index in [4.69, 9.17) is 2.81 Å². The third-order valence-electron chi connectivity index (χ3n) is 0. The first-order valence-electron chi connectivity index (χ1n) is 0.183. The Bertz CT molecular complexity index is 13.5. The van der Waals surface area contributed by atoms with Crippen molar-refractivity contribution in [3.63, 3.8) is 0 Å². The van der Waals surface area contributed by atoms with Crippen LogP contribution >= 0.6 is 0 Å². The van der Waals surface area contributed by atoms with Gasteiger partial charge in [-0.1, -0.05) is 0 Å². The average molecular weight is 509 g/mol. The molecule has 0 unspecified atom stereocenters. The summed E-state index contributed by atoms with van der Waals surface area (Å²) in [6.45, 7) is 0. The fourth-order valence-corrected chi connectivity index (χ4v) is 0. The predicted octanol–water partition coefficient (Wildman–Crippen LogP) is -0.655. The normalized spacial score (nSPS) is 1.00. The van der Waals surface area contributed by atoms with Crippen LogP contribution in [0.25, 0.3) is 0 Å². The molecule has 0 aliphatic carbocycles. The molecule has 0 N–H and O–H groups in total. The zero-order valence-corrected chi connectivity index (χ0v) is 13.2. The van der Waals surface area contributed by atoms with E-state index < -0.39 is 0 Å². The van der Waals surface area contributed by atoms with Crippen molar-refractivity contribution in [3.8, 4) is 0 Å². The summed E-state index contributed by atoms with van der Waals surface area (Å²) < 4.78 is 8.36. The summed E-state index contributed by atoms with van der Waals surface area (Å²) in [6.07, 6.45) is 0. The Hall–Kier alpha value is 3.61. The molecule has 1 radical (unpaired) electrons. The number of hydrogen-bond acceptors (Lipinski definition) is 1. The molecule has 0 heterocycles. The maximum atomic E-state index is 8.36. The van der Waals surface area contributed by atoms with Crippen molar-refractivity contribution in [2.24, 2.45) is 0 Å². The molecule has 0 fully saturated rings. The van der Waals surface area contributed by atoms with Crippen molar-refractivity contribution in [1.29, 1.82) is 0 Å². The molecule has 0 atom stereocenters. The first-order chi connectivity index (χ1) is 1.00. The van der Waals surface area contributed by atoms with Crippen LogP contribution in [0, 0.1) is 40.8 Å². The van der Waals surface area contributed by atoms with Crippen LogP contribution in [0.15, 0.2) is 0 Å². The van der Waals surface area contributed by atoms with Gasteiger partial charge in [0.25, 0.3) is 0 Å². The molecule has 0 saturated carbocycles. The van der Waals surface area contributed by atoms with Crippen LogP contribution in [0.4, 0.5) is 0 Å². The molecular formula is H2BaBiNdO. The fourth-order valence-electron chi connectivity index (χ4n) is 0. The van der Waals surface area contributed by atoms with E-state index in [1.807, 2.05) is 0 Å². The van der Waals surface area contributed by atoms with Gasteiger partial charge in [-0.25, -0.2) is 0 Å². The van der Waals surface area contributed by atoms with Gasteiger partial charge >= 0.3 is 76.4 Å². The van der Waals surface area contributed by atoms with Gasteiger partial charge < -0.3 is 2.85 Å². The van der Waals surface area contributed by atoms with Gasteiger partial charge in [0.2, 0.25) is 0 Å². The van der Waals surface area contributed by atoms with E-state index in [2.05, 4.69) is 0 Å². The molecule has 4 heteroatoms. The molecule has 0 bridgehead atoms. The van der Waals surface area contributed by atoms with Crippen LogP contribution < -0.4 is 0 Å². The molecule has 0 saturated heterocycles. The summed E-state index contributed by atoms with van der Waals surface area (Å²) in [6, 6.07) is 0. The van der Waals surface area contributed by atoms with E-state index in [9.17, 15) is 0 Å². The van der Waals surface area contributed by atoms with Crippen LogP contribution in [0.3, 0.4) is 0 Å². The van der Waals surface area contributed by atoms with Crippen molar-refractivity contribution in [3.05, 3.63) is 0 Å². The second-order valence-electron chi connectivity index (χ2n) is 0. The summed E-state index contributed by atoms with van der Waals surface area (Å²) in [4.78, 5) is 0. The summed E-state index contributed by atoms with van der Waals surface area (Å²) in [5.41, 5.74) is 0. The zero-order chi connectivity index (χ0) is 2.00. The molecule has 0 amide bonds. The third kappa shape index (κ3) is 9.15. The molecule has 0 aliphatic rings. The van der Waals surface area contributed by atoms with Crippen LogP contribution in [0.5, 0.6) is 0 Å². The van der Waals surface area contributed by atoms with E-state index in [0.717, 1.165) is 0 Å². The van der Waals surface area contributed by atoms with Crippen molar-refractivity contribution in [2.45, 2.75) is 0 Å². The fraction of sp³-hybridized carbons (Fsp3) is 0. The Morgan fingerprint density at radius 1 is 1.50 bits per heavy atom. The Morgan fingerprint density at radius 3 is 1.50 bits per heavy atom. The van der Waals surface area contributed by atoms with Gasteiger partial charge in [0.15, 0.2) is 0 Å². The summed E-state index contributed by atoms with van der Waals surface area (Å²) in [5.74, 6) is 0. The van der Waals surface area contributed by atoms with Gasteiger partial charge in [-0.15, -0.1) is 0 Å². The Morgan fingerprint density at radius 2 is 1.50 bits per heavy atom. The molecule has 0 aliphatic heterocycles. The first kappa shape index (κ1) is 15.6. The van der Waals surface area contributed by atoms with Crippen LogP contribution in [-0.2, 0) is 2.81 Å². The summed E-state index contributed by atoms with van der Waals surface area (Å²) in [7, 11) is 0.